The Hall–Kier alpha value is -0.570. The maximum Gasteiger partial charge on any atom is 0.184 e. The molecule has 0 aliphatic rings. The van der Waals surface area contributed by atoms with Gasteiger partial charge in [0.2, 0.25) is 0 Å². The van der Waals surface area contributed by atoms with Crippen molar-refractivity contribution in [2.24, 2.45) is 0 Å². The summed E-state index contributed by atoms with van der Waals surface area (Å²) in [5.74, 6) is 0. The van der Waals surface area contributed by atoms with E-state index in [0.29, 0.717) is 0 Å². The molecule has 0 amide bonds. The van der Waals surface area contributed by atoms with Gasteiger partial charge in [0.25, 0.3) is 0 Å². The van der Waals surface area contributed by atoms with Gasteiger partial charge in [0.15, 0.2) is 5.13 Å². The van der Waals surface area contributed by atoms with E-state index in [-0.39, 0.29) is 0 Å². The first kappa shape index (κ1) is 6.55. The molecule has 0 unspecified atom stereocenters. The third-order valence-corrected chi connectivity index (χ3v) is 2.11. The molecular formula is C6H10N2S. The molecule has 0 aliphatic carbocycles. The number of aromatic nitrogens is 1. The van der Waals surface area contributed by atoms with Crippen LogP contribution in [0, 0.1) is 0 Å². The van der Waals surface area contributed by atoms with Gasteiger partial charge in [-0.15, -0.1) is 11.3 Å². The molecule has 0 aliphatic heterocycles. The fourth-order valence-corrected chi connectivity index (χ4v) is 1.21. The molecule has 0 bridgehead atoms. The van der Waals surface area contributed by atoms with E-state index in [4.69, 9.17) is 0 Å². The summed E-state index contributed by atoms with van der Waals surface area (Å²) in [5, 5.41) is 3.08. The molecule has 3 heteroatoms. The van der Waals surface area contributed by atoms with Crippen LogP contribution in [0.4, 0.5) is 5.13 Å². The van der Waals surface area contributed by atoms with Crippen LogP contribution in [0.1, 0.15) is 6.92 Å². The zero-order chi connectivity index (χ0) is 6.69. The molecule has 0 saturated carbocycles. The fourth-order valence-electron chi connectivity index (χ4n) is 0.540. The van der Waals surface area contributed by atoms with Crippen molar-refractivity contribution in [3.8, 4) is 0 Å². The Balaban J connectivity index is 2.65. The lowest BCUT2D eigenvalue weighted by Crippen LogP contribution is -2.14. The molecule has 50 valence electrons. The van der Waals surface area contributed by atoms with Gasteiger partial charge in [-0.2, -0.15) is 0 Å². The average molecular weight is 142 g/mol. The Labute approximate surface area is 59.1 Å². The smallest absolute Gasteiger partial charge is 0.184 e. The van der Waals surface area contributed by atoms with Crippen molar-refractivity contribution in [1.82, 2.24) is 4.98 Å². The van der Waals surface area contributed by atoms with E-state index in [1.165, 1.54) is 0 Å². The monoisotopic (exact) mass is 142 g/mol. The van der Waals surface area contributed by atoms with Crippen molar-refractivity contribution < 1.29 is 0 Å². The van der Waals surface area contributed by atoms with Crippen LogP contribution >= 0.6 is 11.3 Å². The molecule has 1 aromatic rings. The third-order valence-electron chi connectivity index (χ3n) is 1.22. The normalized spacial score (nSPS) is 9.56. The molecule has 0 saturated heterocycles. The predicted octanol–water partition coefficient (Wildman–Crippen LogP) is 1.60. The van der Waals surface area contributed by atoms with E-state index < -0.39 is 0 Å². The van der Waals surface area contributed by atoms with E-state index in [9.17, 15) is 0 Å². The lowest BCUT2D eigenvalue weighted by atomic mass is 10.7. The van der Waals surface area contributed by atoms with E-state index in [1.807, 2.05) is 18.6 Å². The summed E-state index contributed by atoms with van der Waals surface area (Å²) in [5.41, 5.74) is 0. The summed E-state index contributed by atoms with van der Waals surface area (Å²) >= 11 is 1.67. The van der Waals surface area contributed by atoms with Gasteiger partial charge in [0.05, 0.1) is 0 Å². The van der Waals surface area contributed by atoms with Crippen LogP contribution in [-0.4, -0.2) is 18.6 Å². The molecular weight excluding hydrogens is 132 g/mol. The van der Waals surface area contributed by atoms with E-state index in [1.54, 1.807) is 11.3 Å². The zero-order valence-electron chi connectivity index (χ0n) is 5.66. The molecule has 0 radical (unpaired) electrons. The van der Waals surface area contributed by atoms with Crippen LogP contribution in [0.2, 0.25) is 0 Å². The minimum absolute atomic E-state index is 1.02. The molecule has 2 nitrogen and oxygen atoms in total. The molecule has 0 aromatic carbocycles. The van der Waals surface area contributed by atoms with Crippen molar-refractivity contribution in [2.75, 3.05) is 18.5 Å². The van der Waals surface area contributed by atoms with Crippen molar-refractivity contribution in [3.63, 3.8) is 0 Å². The molecule has 1 rings (SSSR count). The van der Waals surface area contributed by atoms with Crippen molar-refractivity contribution in [1.29, 1.82) is 0 Å². The van der Waals surface area contributed by atoms with Gasteiger partial charge in [0, 0.05) is 25.2 Å². The Kier molecular flexibility index (Phi) is 2.05. The molecule has 0 atom stereocenters. The minimum atomic E-state index is 1.02. The summed E-state index contributed by atoms with van der Waals surface area (Å²) in [6.45, 7) is 3.13. The van der Waals surface area contributed by atoms with Crippen LogP contribution in [0.25, 0.3) is 0 Å². The average Bonchev–Trinajstić information content (AvgIpc) is 2.37. The highest BCUT2D eigenvalue weighted by Crippen LogP contribution is 2.14. The highest BCUT2D eigenvalue weighted by Gasteiger charge is 1.96. The minimum Gasteiger partial charge on any atom is -0.351 e. The SMILES string of the molecule is CCN(C)c1nccs1. The second kappa shape index (κ2) is 2.82. The predicted molar refractivity (Wildman–Crippen MR) is 41.1 cm³/mol. The Morgan fingerprint density at radius 1 is 1.78 bits per heavy atom. The van der Waals surface area contributed by atoms with Gasteiger partial charge in [-0.25, -0.2) is 4.98 Å². The quantitative estimate of drug-likeness (QED) is 0.623. The second-order valence-corrected chi connectivity index (χ2v) is 2.70. The van der Waals surface area contributed by atoms with Crippen LogP contribution in [0.5, 0.6) is 0 Å². The molecule has 1 heterocycles. The van der Waals surface area contributed by atoms with Crippen LogP contribution < -0.4 is 4.90 Å². The van der Waals surface area contributed by atoms with Gasteiger partial charge in [-0.05, 0) is 6.92 Å². The zero-order valence-corrected chi connectivity index (χ0v) is 6.48. The lowest BCUT2D eigenvalue weighted by Gasteiger charge is -2.10. The highest BCUT2D eigenvalue weighted by molar-refractivity contribution is 7.13. The Morgan fingerprint density at radius 2 is 2.56 bits per heavy atom. The van der Waals surface area contributed by atoms with Gasteiger partial charge in [-0.1, -0.05) is 0 Å². The second-order valence-electron chi connectivity index (χ2n) is 1.83. The number of hydrogen-bond acceptors (Lipinski definition) is 3. The van der Waals surface area contributed by atoms with Crippen molar-refractivity contribution in [3.05, 3.63) is 11.6 Å². The van der Waals surface area contributed by atoms with E-state index in [0.717, 1.165) is 11.7 Å². The maximum absolute atomic E-state index is 4.13. The van der Waals surface area contributed by atoms with Gasteiger partial charge in [-0.3, -0.25) is 0 Å². The Bertz CT molecular complexity index is 160. The molecule has 9 heavy (non-hydrogen) atoms. The van der Waals surface area contributed by atoms with Gasteiger partial charge >= 0.3 is 0 Å². The first-order chi connectivity index (χ1) is 4.34. The summed E-state index contributed by atoms with van der Waals surface area (Å²) in [6, 6.07) is 0. The Morgan fingerprint density at radius 3 is 3.00 bits per heavy atom. The van der Waals surface area contributed by atoms with Gasteiger partial charge < -0.3 is 4.90 Å². The standard InChI is InChI=1S/C6H10N2S/c1-3-8(2)6-7-4-5-9-6/h4-5H,3H2,1-2H3. The largest absolute Gasteiger partial charge is 0.351 e. The number of anilines is 1. The van der Waals surface area contributed by atoms with Crippen molar-refractivity contribution >= 4 is 16.5 Å². The number of rotatable bonds is 2. The maximum atomic E-state index is 4.13. The van der Waals surface area contributed by atoms with Crippen molar-refractivity contribution in [2.45, 2.75) is 6.92 Å². The van der Waals surface area contributed by atoms with Crippen LogP contribution in [-0.2, 0) is 0 Å². The topological polar surface area (TPSA) is 16.1 Å². The summed E-state index contributed by atoms with van der Waals surface area (Å²) in [7, 11) is 2.04. The molecule has 0 fully saturated rings. The summed E-state index contributed by atoms with van der Waals surface area (Å²) < 4.78 is 0. The first-order valence-corrected chi connectivity index (χ1v) is 3.83. The third kappa shape index (κ3) is 1.42. The highest BCUT2D eigenvalue weighted by atomic mass is 32.1. The number of hydrogen-bond donors (Lipinski definition) is 0. The first-order valence-electron chi connectivity index (χ1n) is 2.95. The van der Waals surface area contributed by atoms with E-state index in [2.05, 4.69) is 16.8 Å². The van der Waals surface area contributed by atoms with E-state index >= 15 is 0 Å². The van der Waals surface area contributed by atoms with Crippen LogP contribution in [0.15, 0.2) is 11.6 Å². The molecule has 0 spiro atoms. The number of thiazole rings is 1. The summed E-state index contributed by atoms with van der Waals surface area (Å²) in [6.07, 6.45) is 1.83. The molecule has 1 aromatic heterocycles. The number of nitrogens with zero attached hydrogens (tertiary/aromatic N) is 2. The molecule has 0 N–H and O–H groups in total. The van der Waals surface area contributed by atoms with Crippen LogP contribution in [0.3, 0.4) is 0 Å². The lowest BCUT2D eigenvalue weighted by molar-refractivity contribution is 0.958. The summed E-state index contributed by atoms with van der Waals surface area (Å²) in [4.78, 5) is 6.25. The fraction of sp³-hybridized carbons (Fsp3) is 0.500. The van der Waals surface area contributed by atoms with Gasteiger partial charge in [0.1, 0.15) is 0 Å².